The summed E-state index contributed by atoms with van der Waals surface area (Å²) in [4.78, 5) is 12.0. The molecule has 3 rings (SSSR count). The summed E-state index contributed by atoms with van der Waals surface area (Å²) in [6.07, 6.45) is 0. The van der Waals surface area contributed by atoms with E-state index in [1.54, 1.807) is 30.3 Å². The maximum Gasteiger partial charge on any atom is 0.264 e. The van der Waals surface area contributed by atoms with Crippen molar-refractivity contribution in [2.45, 2.75) is 11.4 Å². The monoisotopic (exact) mass is 396 g/mol. The first kappa shape index (κ1) is 19.4. The third kappa shape index (κ3) is 3.99. The van der Waals surface area contributed by atoms with E-state index >= 15 is 0 Å². The fraction of sp³-hybridized carbons (Fsp3) is 0.0952. The Bertz CT molecular complexity index is 1070. The van der Waals surface area contributed by atoms with Gasteiger partial charge < -0.3 is 10.5 Å². The standard InChI is InChI=1S/C21H20N2O4S/c1-27-17-11-13-18(14-12-17)28(25,26)23(15-16-7-3-2-4-8-16)20-10-6-5-9-19(20)21(22)24/h2-14H,15H2,1H3,(H2,22,24). The number of benzene rings is 3. The third-order valence-electron chi connectivity index (χ3n) is 4.25. The SMILES string of the molecule is COc1ccc(S(=O)(=O)N(Cc2ccccc2)c2ccccc2C(N)=O)cc1. The van der Waals surface area contributed by atoms with Gasteiger partial charge in [0.1, 0.15) is 5.75 Å². The zero-order valence-electron chi connectivity index (χ0n) is 15.3. The first-order chi connectivity index (χ1) is 13.4. The van der Waals surface area contributed by atoms with Crippen molar-refractivity contribution in [1.82, 2.24) is 0 Å². The van der Waals surface area contributed by atoms with Crippen molar-refractivity contribution in [2.75, 3.05) is 11.4 Å². The van der Waals surface area contributed by atoms with Crippen molar-refractivity contribution in [3.8, 4) is 5.75 Å². The number of carbonyl (C=O) groups is 1. The number of sulfonamides is 1. The number of hydrogen-bond donors (Lipinski definition) is 1. The second-order valence-corrected chi connectivity index (χ2v) is 7.92. The van der Waals surface area contributed by atoms with Crippen LogP contribution in [0.15, 0.2) is 83.8 Å². The van der Waals surface area contributed by atoms with Gasteiger partial charge in [-0.3, -0.25) is 9.10 Å². The number of nitrogens with two attached hydrogens (primary N) is 1. The van der Waals surface area contributed by atoms with Gasteiger partial charge >= 0.3 is 0 Å². The molecule has 6 nitrogen and oxygen atoms in total. The van der Waals surface area contributed by atoms with E-state index in [4.69, 9.17) is 10.5 Å². The van der Waals surface area contributed by atoms with E-state index < -0.39 is 15.9 Å². The smallest absolute Gasteiger partial charge is 0.264 e. The van der Waals surface area contributed by atoms with Crippen LogP contribution in [0.25, 0.3) is 0 Å². The molecule has 0 heterocycles. The topological polar surface area (TPSA) is 89.7 Å². The molecular formula is C21H20N2O4S. The Labute approximate surface area is 164 Å². The molecule has 0 unspecified atom stereocenters. The van der Waals surface area contributed by atoms with Crippen LogP contribution >= 0.6 is 0 Å². The Morgan fingerprint density at radius 3 is 2.14 bits per heavy atom. The molecule has 0 atom stereocenters. The van der Waals surface area contributed by atoms with Gasteiger partial charge in [-0.15, -0.1) is 0 Å². The van der Waals surface area contributed by atoms with Crippen molar-refractivity contribution in [3.05, 3.63) is 90.0 Å². The number of hydrogen-bond acceptors (Lipinski definition) is 4. The van der Waals surface area contributed by atoms with Gasteiger partial charge in [-0.05, 0) is 42.0 Å². The van der Waals surface area contributed by atoms with Gasteiger partial charge in [0.15, 0.2) is 0 Å². The summed E-state index contributed by atoms with van der Waals surface area (Å²) < 4.78 is 33.2. The Morgan fingerprint density at radius 1 is 0.929 bits per heavy atom. The second-order valence-electron chi connectivity index (χ2n) is 6.05. The molecule has 2 N–H and O–H groups in total. The van der Waals surface area contributed by atoms with Gasteiger partial charge in [-0.25, -0.2) is 8.42 Å². The highest BCUT2D eigenvalue weighted by Crippen LogP contribution is 2.29. The van der Waals surface area contributed by atoms with E-state index in [0.717, 1.165) is 5.56 Å². The molecule has 3 aromatic rings. The van der Waals surface area contributed by atoms with Crippen LogP contribution in [0.2, 0.25) is 0 Å². The second kappa shape index (κ2) is 8.14. The molecule has 1 amide bonds. The van der Waals surface area contributed by atoms with Gasteiger partial charge in [0.25, 0.3) is 15.9 Å². The minimum atomic E-state index is -3.96. The molecule has 0 spiro atoms. The first-order valence-electron chi connectivity index (χ1n) is 8.53. The average molecular weight is 396 g/mol. The Morgan fingerprint density at radius 2 is 1.54 bits per heavy atom. The van der Waals surface area contributed by atoms with Crippen LogP contribution in [0.5, 0.6) is 5.75 Å². The highest BCUT2D eigenvalue weighted by atomic mass is 32.2. The van der Waals surface area contributed by atoms with E-state index in [0.29, 0.717) is 5.75 Å². The Balaban J connectivity index is 2.14. The molecule has 0 fully saturated rings. The molecule has 28 heavy (non-hydrogen) atoms. The van der Waals surface area contributed by atoms with Gasteiger partial charge in [-0.2, -0.15) is 0 Å². The van der Waals surface area contributed by atoms with Crippen LogP contribution in [-0.4, -0.2) is 21.4 Å². The van der Waals surface area contributed by atoms with Crippen LogP contribution in [0, 0.1) is 0 Å². The summed E-state index contributed by atoms with van der Waals surface area (Å²) in [5.41, 5.74) is 6.63. The lowest BCUT2D eigenvalue weighted by atomic mass is 10.1. The highest BCUT2D eigenvalue weighted by Gasteiger charge is 2.28. The predicted molar refractivity (Wildman–Crippen MR) is 108 cm³/mol. The van der Waals surface area contributed by atoms with Gasteiger partial charge in [0.2, 0.25) is 0 Å². The Kier molecular flexibility index (Phi) is 5.65. The fourth-order valence-electron chi connectivity index (χ4n) is 2.82. The lowest BCUT2D eigenvalue weighted by Gasteiger charge is -2.26. The molecule has 0 saturated heterocycles. The number of ether oxygens (including phenoxy) is 1. The number of para-hydroxylation sites is 1. The molecule has 0 aliphatic carbocycles. The van der Waals surface area contributed by atoms with Crippen LogP contribution in [-0.2, 0) is 16.6 Å². The van der Waals surface area contributed by atoms with E-state index in [2.05, 4.69) is 0 Å². The molecule has 7 heteroatoms. The lowest BCUT2D eigenvalue weighted by Crippen LogP contribution is -2.32. The Hall–Kier alpha value is -3.32. The summed E-state index contributed by atoms with van der Waals surface area (Å²) in [6.45, 7) is 0.0551. The quantitative estimate of drug-likeness (QED) is 0.664. The number of methoxy groups -OCH3 is 1. The van der Waals surface area contributed by atoms with Crippen molar-refractivity contribution < 1.29 is 17.9 Å². The molecule has 0 aliphatic heterocycles. The molecule has 0 aliphatic rings. The highest BCUT2D eigenvalue weighted by molar-refractivity contribution is 7.92. The number of carbonyl (C=O) groups excluding carboxylic acids is 1. The van der Waals surface area contributed by atoms with E-state index in [9.17, 15) is 13.2 Å². The summed E-state index contributed by atoms with van der Waals surface area (Å²) in [5, 5.41) is 0. The van der Waals surface area contributed by atoms with Gasteiger partial charge in [0.05, 0.1) is 29.8 Å². The van der Waals surface area contributed by atoms with Gasteiger partial charge in [-0.1, -0.05) is 42.5 Å². The van der Waals surface area contributed by atoms with Crippen LogP contribution in [0.1, 0.15) is 15.9 Å². The largest absolute Gasteiger partial charge is 0.497 e. The molecule has 0 radical (unpaired) electrons. The van der Waals surface area contributed by atoms with E-state index in [1.807, 2.05) is 30.3 Å². The average Bonchev–Trinajstić information content (AvgIpc) is 2.72. The summed E-state index contributed by atoms with van der Waals surface area (Å²) >= 11 is 0. The molecule has 0 saturated carbocycles. The normalized spacial score (nSPS) is 11.0. The molecule has 0 bridgehead atoms. The summed E-state index contributed by atoms with van der Waals surface area (Å²) in [6, 6.07) is 21.6. The number of nitrogens with zero attached hydrogens (tertiary/aromatic N) is 1. The minimum Gasteiger partial charge on any atom is -0.497 e. The summed E-state index contributed by atoms with van der Waals surface area (Å²) in [7, 11) is -2.46. The number of rotatable bonds is 7. The minimum absolute atomic E-state index is 0.0551. The molecular weight excluding hydrogens is 376 g/mol. The molecule has 0 aromatic heterocycles. The first-order valence-corrected chi connectivity index (χ1v) is 9.97. The van der Waals surface area contributed by atoms with Gasteiger partial charge in [0, 0.05) is 0 Å². The predicted octanol–water partition coefficient (Wildman–Crippen LogP) is 3.19. The van der Waals surface area contributed by atoms with Crippen LogP contribution < -0.4 is 14.8 Å². The maximum absolute atomic E-state index is 13.4. The van der Waals surface area contributed by atoms with E-state index in [-0.39, 0.29) is 22.7 Å². The van der Waals surface area contributed by atoms with Crippen molar-refractivity contribution in [1.29, 1.82) is 0 Å². The number of anilines is 1. The molecule has 144 valence electrons. The van der Waals surface area contributed by atoms with E-state index in [1.165, 1.54) is 29.6 Å². The third-order valence-corrected chi connectivity index (χ3v) is 6.03. The molecule has 3 aromatic carbocycles. The fourth-order valence-corrected chi connectivity index (χ4v) is 4.29. The number of primary amides is 1. The van der Waals surface area contributed by atoms with Crippen LogP contribution in [0.3, 0.4) is 0 Å². The number of amides is 1. The maximum atomic E-state index is 13.4. The lowest BCUT2D eigenvalue weighted by molar-refractivity contribution is 0.100. The van der Waals surface area contributed by atoms with Crippen molar-refractivity contribution in [3.63, 3.8) is 0 Å². The summed E-state index contributed by atoms with van der Waals surface area (Å²) in [5.74, 6) is -0.148. The van der Waals surface area contributed by atoms with Crippen LogP contribution in [0.4, 0.5) is 5.69 Å². The zero-order chi connectivity index (χ0) is 20.1. The van der Waals surface area contributed by atoms with Crippen molar-refractivity contribution in [2.24, 2.45) is 5.73 Å². The zero-order valence-corrected chi connectivity index (χ0v) is 16.1. The van der Waals surface area contributed by atoms with Crippen molar-refractivity contribution >= 4 is 21.6 Å².